The van der Waals surface area contributed by atoms with Crippen molar-refractivity contribution in [2.75, 3.05) is 33.3 Å². The van der Waals surface area contributed by atoms with Gasteiger partial charge in [0.15, 0.2) is 5.17 Å². The van der Waals surface area contributed by atoms with Gasteiger partial charge in [0.2, 0.25) is 0 Å². The lowest BCUT2D eigenvalue weighted by atomic mass is 10.2. The van der Waals surface area contributed by atoms with E-state index in [0.29, 0.717) is 4.91 Å². The SMILES string of the molecule is COc1ccccc1/C=C1\SC(N2CCN(Cc3ccccc3)CC2)=NC1=O. The normalized spacial score (nSPS) is 19.2. The Hall–Kier alpha value is -2.57. The molecule has 5 nitrogen and oxygen atoms in total. The van der Waals surface area contributed by atoms with Crippen molar-refractivity contribution in [1.82, 2.24) is 9.80 Å². The third kappa shape index (κ3) is 4.29. The van der Waals surface area contributed by atoms with E-state index in [1.807, 2.05) is 36.4 Å². The topological polar surface area (TPSA) is 45.1 Å². The molecule has 1 saturated heterocycles. The van der Waals surface area contributed by atoms with Gasteiger partial charge in [-0.1, -0.05) is 48.5 Å². The quantitative estimate of drug-likeness (QED) is 0.744. The predicted molar refractivity (Wildman–Crippen MR) is 114 cm³/mol. The van der Waals surface area contributed by atoms with Crippen LogP contribution in [0.1, 0.15) is 11.1 Å². The largest absolute Gasteiger partial charge is 0.496 e. The van der Waals surface area contributed by atoms with E-state index in [0.717, 1.165) is 49.2 Å². The van der Waals surface area contributed by atoms with Crippen LogP contribution < -0.4 is 4.74 Å². The van der Waals surface area contributed by atoms with Crippen LogP contribution in [0.4, 0.5) is 0 Å². The van der Waals surface area contributed by atoms with Gasteiger partial charge >= 0.3 is 0 Å². The van der Waals surface area contributed by atoms with Gasteiger partial charge < -0.3 is 9.64 Å². The van der Waals surface area contributed by atoms with Gasteiger partial charge in [-0.25, -0.2) is 0 Å². The first-order valence-electron chi connectivity index (χ1n) is 9.40. The molecule has 1 amide bonds. The van der Waals surface area contributed by atoms with Gasteiger partial charge in [-0.15, -0.1) is 0 Å². The molecule has 28 heavy (non-hydrogen) atoms. The summed E-state index contributed by atoms with van der Waals surface area (Å²) in [5.41, 5.74) is 2.23. The van der Waals surface area contributed by atoms with Crippen molar-refractivity contribution in [2.45, 2.75) is 6.54 Å². The zero-order valence-corrected chi connectivity index (χ0v) is 16.7. The number of hydrogen-bond donors (Lipinski definition) is 0. The molecule has 0 radical (unpaired) electrons. The predicted octanol–water partition coefficient (Wildman–Crippen LogP) is 3.48. The molecule has 2 aromatic carbocycles. The standard InChI is InChI=1S/C22H23N3O2S/c1-27-19-10-6-5-9-18(19)15-20-21(26)23-22(28-20)25-13-11-24(12-14-25)16-17-7-3-2-4-8-17/h2-10,15H,11-14,16H2,1H3/b20-15-. The second kappa shape index (κ2) is 8.63. The summed E-state index contributed by atoms with van der Waals surface area (Å²) in [5.74, 6) is 0.587. The number of methoxy groups -OCH3 is 1. The van der Waals surface area contributed by atoms with Crippen LogP contribution >= 0.6 is 11.8 Å². The smallest absolute Gasteiger partial charge is 0.286 e. The molecule has 0 aromatic heterocycles. The number of benzene rings is 2. The molecular formula is C22H23N3O2S. The van der Waals surface area contributed by atoms with E-state index >= 15 is 0 Å². The first-order valence-corrected chi connectivity index (χ1v) is 10.2. The Balaban J connectivity index is 1.37. The number of piperazine rings is 1. The highest BCUT2D eigenvalue weighted by molar-refractivity contribution is 8.18. The Morgan fingerprint density at radius 3 is 2.50 bits per heavy atom. The summed E-state index contributed by atoms with van der Waals surface area (Å²) in [4.78, 5) is 22.0. The number of aliphatic imine (C=N–C) groups is 1. The maximum atomic E-state index is 12.4. The number of carbonyl (C=O) groups is 1. The molecule has 2 aliphatic heterocycles. The second-order valence-corrected chi connectivity index (χ2v) is 7.81. The minimum atomic E-state index is -0.169. The Labute approximate surface area is 169 Å². The summed E-state index contributed by atoms with van der Waals surface area (Å²) in [6.07, 6.45) is 1.87. The van der Waals surface area contributed by atoms with E-state index in [1.54, 1.807) is 7.11 Å². The van der Waals surface area contributed by atoms with Crippen LogP contribution in [0.5, 0.6) is 5.75 Å². The van der Waals surface area contributed by atoms with Crippen molar-refractivity contribution < 1.29 is 9.53 Å². The van der Waals surface area contributed by atoms with Crippen molar-refractivity contribution in [3.63, 3.8) is 0 Å². The zero-order chi connectivity index (χ0) is 19.3. The van der Waals surface area contributed by atoms with Crippen molar-refractivity contribution in [3.8, 4) is 5.75 Å². The first-order chi connectivity index (χ1) is 13.7. The van der Waals surface area contributed by atoms with Gasteiger partial charge in [-0.05, 0) is 29.5 Å². The molecule has 0 unspecified atom stereocenters. The Bertz CT molecular complexity index is 903. The van der Waals surface area contributed by atoms with E-state index in [-0.39, 0.29) is 5.91 Å². The number of thioether (sulfide) groups is 1. The van der Waals surface area contributed by atoms with Crippen molar-refractivity contribution in [2.24, 2.45) is 4.99 Å². The number of hydrogen-bond acceptors (Lipinski definition) is 5. The van der Waals surface area contributed by atoms with Gasteiger partial charge in [0.05, 0.1) is 12.0 Å². The summed E-state index contributed by atoms with van der Waals surface area (Å²) in [6.45, 7) is 4.66. The molecular weight excluding hydrogens is 370 g/mol. The molecule has 0 bridgehead atoms. The van der Waals surface area contributed by atoms with E-state index in [9.17, 15) is 4.79 Å². The summed E-state index contributed by atoms with van der Waals surface area (Å²) >= 11 is 1.46. The molecule has 1 fully saturated rings. The van der Waals surface area contributed by atoms with Gasteiger partial charge in [-0.2, -0.15) is 4.99 Å². The number of amides is 1. The third-order valence-electron chi connectivity index (χ3n) is 4.93. The fourth-order valence-electron chi connectivity index (χ4n) is 3.40. The minimum absolute atomic E-state index is 0.169. The number of amidine groups is 1. The minimum Gasteiger partial charge on any atom is -0.496 e. The van der Waals surface area contributed by atoms with Crippen molar-refractivity contribution in [3.05, 3.63) is 70.6 Å². The number of rotatable bonds is 4. The number of carbonyl (C=O) groups excluding carboxylic acids is 1. The Morgan fingerprint density at radius 2 is 1.75 bits per heavy atom. The van der Waals surface area contributed by atoms with Crippen LogP contribution in [-0.2, 0) is 11.3 Å². The van der Waals surface area contributed by atoms with Gasteiger partial charge in [0.25, 0.3) is 5.91 Å². The maximum absolute atomic E-state index is 12.4. The molecule has 0 atom stereocenters. The van der Waals surface area contributed by atoms with Gasteiger partial charge in [0, 0.05) is 38.3 Å². The molecule has 0 spiro atoms. The maximum Gasteiger partial charge on any atom is 0.286 e. The van der Waals surface area contributed by atoms with E-state index in [1.165, 1.54) is 17.3 Å². The second-order valence-electron chi connectivity index (χ2n) is 6.80. The molecule has 144 valence electrons. The first kappa shape index (κ1) is 18.8. The lowest BCUT2D eigenvalue weighted by Crippen LogP contribution is -2.47. The van der Waals surface area contributed by atoms with Crippen LogP contribution in [0.2, 0.25) is 0 Å². The lowest BCUT2D eigenvalue weighted by molar-refractivity contribution is -0.113. The van der Waals surface area contributed by atoms with Crippen molar-refractivity contribution in [1.29, 1.82) is 0 Å². The van der Waals surface area contributed by atoms with Crippen LogP contribution in [0.15, 0.2) is 64.5 Å². The third-order valence-corrected chi connectivity index (χ3v) is 5.97. The Kier molecular flexibility index (Phi) is 5.78. The van der Waals surface area contributed by atoms with Crippen LogP contribution in [-0.4, -0.2) is 54.2 Å². The monoisotopic (exact) mass is 393 g/mol. The summed E-state index contributed by atoms with van der Waals surface area (Å²) in [5, 5.41) is 0.811. The van der Waals surface area contributed by atoms with E-state index in [2.05, 4.69) is 39.1 Å². The number of ether oxygens (including phenoxy) is 1. The molecule has 6 heteroatoms. The highest BCUT2D eigenvalue weighted by atomic mass is 32.2. The number of nitrogens with zero attached hydrogens (tertiary/aromatic N) is 3. The highest BCUT2D eigenvalue weighted by Crippen LogP contribution is 2.32. The van der Waals surface area contributed by atoms with E-state index in [4.69, 9.17) is 4.74 Å². The van der Waals surface area contributed by atoms with Gasteiger partial charge in [0.1, 0.15) is 5.75 Å². The molecule has 0 saturated carbocycles. The average molecular weight is 394 g/mol. The number of para-hydroxylation sites is 1. The van der Waals surface area contributed by atoms with E-state index < -0.39 is 0 Å². The molecule has 2 aliphatic rings. The summed E-state index contributed by atoms with van der Waals surface area (Å²) in [6, 6.07) is 18.2. The molecule has 2 aromatic rings. The molecule has 4 rings (SSSR count). The molecule has 2 heterocycles. The van der Waals surface area contributed by atoms with Crippen LogP contribution in [0.3, 0.4) is 0 Å². The highest BCUT2D eigenvalue weighted by Gasteiger charge is 2.28. The molecule has 0 aliphatic carbocycles. The Morgan fingerprint density at radius 1 is 1.04 bits per heavy atom. The van der Waals surface area contributed by atoms with Crippen LogP contribution in [0.25, 0.3) is 6.08 Å². The zero-order valence-electron chi connectivity index (χ0n) is 15.9. The summed E-state index contributed by atoms with van der Waals surface area (Å²) in [7, 11) is 1.64. The molecule has 0 N–H and O–H groups in total. The average Bonchev–Trinajstić information content (AvgIpc) is 3.10. The summed E-state index contributed by atoms with van der Waals surface area (Å²) < 4.78 is 5.38. The van der Waals surface area contributed by atoms with Gasteiger partial charge in [-0.3, -0.25) is 9.69 Å². The fourth-order valence-corrected chi connectivity index (χ4v) is 4.35. The van der Waals surface area contributed by atoms with Crippen LogP contribution in [0, 0.1) is 0 Å². The van der Waals surface area contributed by atoms with Crippen molar-refractivity contribution >= 4 is 28.9 Å². The fraction of sp³-hybridized carbons (Fsp3) is 0.273. The lowest BCUT2D eigenvalue weighted by Gasteiger charge is -2.35.